The van der Waals surface area contributed by atoms with Gasteiger partial charge in [0.05, 0.1) is 5.25 Å². The van der Waals surface area contributed by atoms with Crippen LogP contribution in [0.5, 0.6) is 0 Å². The molecule has 1 amide bonds. The Balaban J connectivity index is 1.44. The SMILES string of the molecule is CCCN1CCC(S(=O)(=O)CC(=O)Nc2c3c(cc4c2CCC4)CCC3)CC1. The molecular formula is C22H32N2O3S. The van der Waals surface area contributed by atoms with Crippen molar-refractivity contribution in [2.24, 2.45) is 0 Å². The summed E-state index contributed by atoms with van der Waals surface area (Å²) in [7, 11) is -3.41. The quantitative estimate of drug-likeness (QED) is 0.792. The number of rotatable bonds is 6. The number of hydrogen-bond acceptors (Lipinski definition) is 4. The van der Waals surface area contributed by atoms with Crippen LogP contribution in [0.25, 0.3) is 0 Å². The molecular weight excluding hydrogens is 372 g/mol. The molecule has 1 heterocycles. The van der Waals surface area contributed by atoms with E-state index in [1.54, 1.807) is 0 Å². The van der Waals surface area contributed by atoms with Gasteiger partial charge in [-0.1, -0.05) is 13.0 Å². The second-order valence-corrected chi connectivity index (χ2v) is 10.9. The Labute approximate surface area is 168 Å². The number of piperidine rings is 1. The minimum Gasteiger partial charge on any atom is -0.325 e. The topological polar surface area (TPSA) is 66.5 Å². The van der Waals surface area contributed by atoms with E-state index < -0.39 is 9.84 Å². The number of benzene rings is 1. The second-order valence-electron chi connectivity index (χ2n) is 8.63. The van der Waals surface area contributed by atoms with E-state index in [2.05, 4.69) is 23.2 Å². The Kier molecular flexibility index (Phi) is 5.79. The zero-order valence-corrected chi connectivity index (χ0v) is 17.7. The first-order chi connectivity index (χ1) is 13.5. The van der Waals surface area contributed by atoms with Gasteiger partial charge in [0.15, 0.2) is 9.84 Å². The van der Waals surface area contributed by atoms with E-state index in [0.29, 0.717) is 12.8 Å². The average molecular weight is 405 g/mol. The number of carbonyl (C=O) groups excluding carboxylic acids is 1. The molecule has 0 bridgehead atoms. The summed E-state index contributed by atoms with van der Waals surface area (Å²) in [6.07, 6.45) is 8.73. The van der Waals surface area contributed by atoms with Crippen LogP contribution in [-0.2, 0) is 40.3 Å². The highest BCUT2D eigenvalue weighted by molar-refractivity contribution is 7.92. The number of amides is 1. The molecule has 0 aromatic heterocycles. The van der Waals surface area contributed by atoms with Crippen molar-refractivity contribution < 1.29 is 13.2 Å². The summed E-state index contributed by atoms with van der Waals surface area (Å²) in [6, 6.07) is 2.32. The van der Waals surface area contributed by atoms with E-state index in [9.17, 15) is 13.2 Å². The molecule has 0 atom stereocenters. The van der Waals surface area contributed by atoms with Crippen LogP contribution in [0.3, 0.4) is 0 Å². The summed E-state index contributed by atoms with van der Waals surface area (Å²) >= 11 is 0. The highest BCUT2D eigenvalue weighted by atomic mass is 32.2. The van der Waals surface area contributed by atoms with Crippen LogP contribution in [0.4, 0.5) is 5.69 Å². The van der Waals surface area contributed by atoms with Crippen molar-refractivity contribution in [2.75, 3.05) is 30.7 Å². The summed E-state index contributed by atoms with van der Waals surface area (Å²) in [5.74, 6) is -0.741. The lowest BCUT2D eigenvalue weighted by Crippen LogP contribution is -2.41. The fraction of sp³-hybridized carbons (Fsp3) is 0.682. The number of nitrogens with zero attached hydrogens (tertiary/aromatic N) is 1. The fourth-order valence-corrected chi connectivity index (χ4v) is 6.85. The lowest BCUT2D eigenvalue weighted by Gasteiger charge is -2.31. The van der Waals surface area contributed by atoms with Gasteiger partial charge < -0.3 is 10.2 Å². The summed E-state index contributed by atoms with van der Waals surface area (Å²) in [4.78, 5) is 15.1. The molecule has 0 unspecified atom stereocenters. The predicted molar refractivity (Wildman–Crippen MR) is 113 cm³/mol. The molecule has 3 aliphatic rings. The molecule has 2 aliphatic carbocycles. The molecule has 0 saturated carbocycles. The third-order valence-electron chi connectivity index (χ3n) is 6.65. The molecule has 6 heteroatoms. The Hall–Kier alpha value is -1.40. The zero-order valence-electron chi connectivity index (χ0n) is 16.9. The molecule has 1 aliphatic heterocycles. The first-order valence-electron chi connectivity index (χ1n) is 10.9. The van der Waals surface area contributed by atoms with Gasteiger partial charge in [-0.2, -0.15) is 0 Å². The van der Waals surface area contributed by atoms with Crippen molar-refractivity contribution in [3.05, 3.63) is 28.3 Å². The maximum absolute atomic E-state index is 12.8. The Bertz CT molecular complexity index is 823. The maximum atomic E-state index is 12.8. The zero-order chi connectivity index (χ0) is 19.7. The van der Waals surface area contributed by atoms with Gasteiger partial charge >= 0.3 is 0 Å². The van der Waals surface area contributed by atoms with Gasteiger partial charge in [0, 0.05) is 5.69 Å². The van der Waals surface area contributed by atoms with Crippen LogP contribution >= 0.6 is 0 Å². The number of nitrogens with one attached hydrogen (secondary N) is 1. The molecule has 1 fully saturated rings. The van der Waals surface area contributed by atoms with E-state index in [-0.39, 0.29) is 16.9 Å². The van der Waals surface area contributed by atoms with Gasteiger partial charge in [0.25, 0.3) is 0 Å². The molecule has 0 radical (unpaired) electrons. The second kappa shape index (κ2) is 8.15. The van der Waals surface area contributed by atoms with Crippen LogP contribution in [0, 0.1) is 0 Å². The largest absolute Gasteiger partial charge is 0.325 e. The summed E-state index contributed by atoms with van der Waals surface area (Å²) < 4.78 is 25.7. The lowest BCUT2D eigenvalue weighted by atomic mass is 9.98. The number of carbonyl (C=O) groups is 1. The van der Waals surface area contributed by atoms with Gasteiger partial charge in [0.1, 0.15) is 5.75 Å². The van der Waals surface area contributed by atoms with Crippen molar-refractivity contribution in [2.45, 2.75) is 70.0 Å². The van der Waals surface area contributed by atoms with E-state index >= 15 is 0 Å². The van der Waals surface area contributed by atoms with Crippen LogP contribution < -0.4 is 5.32 Å². The number of sulfone groups is 1. The summed E-state index contributed by atoms with van der Waals surface area (Å²) in [5.41, 5.74) is 6.14. The number of anilines is 1. The van der Waals surface area contributed by atoms with Crippen molar-refractivity contribution >= 4 is 21.4 Å². The maximum Gasteiger partial charge on any atom is 0.239 e. The highest BCUT2D eigenvalue weighted by Gasteiger charge is 2.32. The van der Waals surface area contributed by atoms with Crippen LogP contribution in [-0.4, -0.2) is 49.9 Å². The molecule has 28 heavy (non-hydrogen) atoms. The van der Waals surface area contributed by atoms with E-state index in [4.69, 9.17) is 0 Å². The van der Waals surface area contributed by atoms with Crippen LogP contribution in [0.1, 0.15) is 61.3 Å². The monoisotopic (exact) mass is 404 g/mol. The van der Waals surface area contributed by atoms with Crippen molar-refractivity contribution in [3.63, 3.8) is 0 Å². The first kappa shape index (κ1) is 19.9. The predicted octanol–water partition coefficient (Wildman–Crippen LogP) is 2.89. The van der Waals surface area contributed by atoms with E-state index in [1.807, 2.05) is 0 Å². The number of fused-ring (bicyclic) bond motifs is 2. The van der Waals surface area contributed by atoms with Gasteiger partial charge in [0.2, 0.25) is 5.91 Å². The van der Waals surface area contributed by atoms with Gasteiger partial charge in [-0.15, -0.1) is 0 Å². The van der Waals surface area contributed by atoms with Crippen molar-refractivity contribution in [1.29, 1.82) is 0 Å². The highest BCUT2D eigenvalue weighted by Crippen LogP contribution is 2.38. The minimum atomic E-state index is -3.41. The third-order valence-corrected chi connectivity index (χ3v) is 8.80. The minimum absolute atomic E-state index is 0.356. The normalized spacial score (nSPS) is 20.2. The molecule has 1 N–H and O–H groups in total. The number of aryl methyl sites for hydroxylation is 2. The summed E-state index contributed by atoms with van der Waals surface area (Å²) in [6.45, 7) is 4.81. The molecule has 1 saturated heterocycles. The van der Waals surface area contributed by atoms with Gasteiger partial charge in [-0.25, -0.2) is 8.42 Å². The molecule has 154 valence electrons. The molecule has 1 aromatic rings. The van der Waals surface area contributed by atoms with Crippen molar-refractivity contribution in [1.82, 2.24) is 4.90 Å². The molecule has 1 aromatic carbocycles. The van der Waals surface area contributed by atoms with Gasteiger partial charge in [-0.05, 0) is 99.7 Å². The van der Waals surface area contributed by atoms with E-state index in [0.717, 1.165) is 70.3 Å². The smallest absolute Gasteiger partial charge is 0.239 e. The Morgan fingerprint density at radius 2 is 1.68 bits per heavy atom. The first-order valence-corrected chi connectivity index (χ1v) is 12.6. The molecule has 0 spiro atoms. The van der Waals surface area contributed by atoms with Crippen molar-refractivity contribution in [3.8, 4) is 0 Å². The van der Waals surface area contributed by atoms with Crippen LogP contribution in [0.2, 0.25) is 0 Å². The summed E-state index contributed by atoms with van der Waals surface area (Å²) in [5, 5.41) is 2.66. The number of likely N-dealkylation sites (tertiary alicyclic amines) is 1. The van der Waals surface area contributed by atoms with Crippen LogP contribution in [0.15, 0.2) is 6.07 Å². The lowest BCUT2D eigenvalue weighted by molar-refractivity contribution is -0.113. The fourth-order valence-electron chi connectivity index (χ4n) is 5.25. The van der Waals surface area contributed by atoms with Gasteiger partial charge in [-0.3, -0.25) is 4.79 Å². The average Bonchev–Trinajstić information content (AvgIpc) is 3.31. The Morgan fingerprint density at radius 1 is 1.07 bits per heavy atom. The third kappa shape index (κ3) is 3.99. The van der Waals surface area contributed by atoms with E-state index in [1.165, 1.54) is 22.3 Å². The Morgan fingerprint density at radius 3 is 2.25 bits per heavy atom. The molecule has 5 nitrogen and oxygen atoms in total. The standard InChI is InChI=1S/C22H32N2O3S/c1-2-11-24-12-9-18(10-13-24)28(26,27)15-21(25)23-22-19-7-3-5-16(19)14-17-6-4-8-20(17)22/h14,18H,2-13,15H2,1H3,(H,23,25). The number of hydrogen-bond donors (Lipinski definition) is 1. The molecule has 4 rings (SSSR count).